The molecule has 3 atom stereocenters. The summed E-state index contributed by atoms with van der Waals surface area (Å²) in [6.07, 6.45) is -0.449. The number of alkyl halides is 4. The van der Waals surface area contributed by atoms with Crippen LogP contribution in [-0.2, 0) is 6.18 Å². The van der Waals surface area contributed by atoms with Crippen LogP contribution in [0.2, 0.25) is 0 Å². The highest BCUT2D eigenvalue weighted by molar-refractivity contribution is 5.98. The number of carbonyl (C=O) groups is 1. The van der Waals surface area contributed by atoms with Gasteiger partial charge in [0.05, 0.1) is 24.4 Å². The van der Waals surface area contributed by atoms with Gasteiger partial charge in [-0.05, 0) is 30.7 Å². The number of aromatic nitrogens is 5. The summed E-state index contributed by atoms with van der Waals surface area (Å²) >= 11 is 0. The van der Waals surface area contributed by atoms with E-state index in [0.717, 1.165) is 22.5 Å². The van der Waals surface area contributed by atoms with Crippen LogP contribution in [-0.4, -0.2) is 67.8 Å². The van der Waals surface area contributed by atoms with E-state index in [1.807, 2.05) is 17.9 Å². The van der Waals surface area contributed by atoms with Crippen LogP contribution in [0.3, 0.4) is 0 Å². The summed E-state index contributed by atoms with van der Waals surface area (Å²) in [5.74, 6) is -1.12. The number of methoxy groups -OCH3 is 1. The van der Waals surface area contributed by atoms with Gasteiger partial charge in [0.15, 0.2) is 5.82 Å². The number of carbonyl (C=O) groups excluding carboxylic acids is 1. The first-order valence-electron chi connectivity index (χ1n) is 11.9. The first-order chi connectivity index (χ1) is 18.6. The number of halogens is 4. The third-order valence-electron chi connectivity index (χ3n) is 6.78. The van der Waals surface area contributed by atoms with E-state index in [0.29, 0.717) is 0 Å². The van der Waals surface area contributed by atoms with Crippen molar-refractivity contribution >= 4 is 17.2 Å². The third kappa shape index (κ3) is 4.94. The Morgan fingerprint density at radius 2 is 2.03 bits per heavy atom. The molecule has 0 aliphatic carbocycles. The van der Waals surface area contributed by atoms with Crippen molar-refractivity contribution in [1.29, 1.82) is 0 Å². The van der Waals surface area contributed by atoms with E-state index in [2.05, 4.69) is 25.4 Å². The minimum absolute atomic E-state index is 0.0173. The number of amides is 1. The number of ether oxygens (including phenoxy) is 1. The topological polar surface area (TPSA) is 124 Å². The van der Waals surface area contributed by atoms with Gasteiger partial charge in [-0.25, -0.2) is 18.9 Å². The van der Waals surface area contributed by atoms with Crippen molar-refractivity contribution < 1.29 is 27.1 Å². The summed E-state index contributed by atoms with van der Waals surface area (Å²) in [5, 5.41) is 6.61. The molecule has 4 aromatic heterocycles. The molecule has 0 saturated carbocycles. The van der Waals surface area contributed by atoms with Crippen molar-refractivity contribution in [3.63, 3.8) is 0 Å². The van der Waals surface area contributed by atoms with E-state index in [-0.39, 0.29) is 47.7 Å². The Labute approximate surface area is 219 Å². The molecule has 0 bridgehead atoms. The molecule has 3 N–H and O–H groups in total. The Bertz CT molecular complexity index is 1510. The number of fused-ring (bicyclic) bond motifs is 1. The van der Waals surface area contributed by atoms with Crippen LogP contribution in [0.4, 0.5) is 23.4 Å². The fourth-order valence-electron chi connectivity index (χ4n) is 4.73. The molecule has 204 valence electrons. The largest absolute Gasteiger partial charge is 0.480 e. The number of nitrogen functional groups attached to an aromatic ring is 1. The highest BCUT2D eigenvalue weighted by Crippen LogP contribution is 2.39. The van der Waals surface area contributed by atoms with Gasteiger partial charge in [-0.3, -0.25) is 14.7 Å². The molecule has 0 aromatic carbocycles. The van der Waals surface area contributed by atoms with Crippen molar-refractivity contribution in [3.05, 3.63) is 65.9 Å². The van der Waals surface area contributed by atoms with Crippen LogP contribution < -0.4 is 15.8 Å². The highest BCUT2D eigenvalue weighted by atomic mass is 19.4. The van der Waals surface area contributed by atoms with Crippen molar-refractivity contribution in [2.75, 3.05) is 25.9 Å². The zero-order valence-corrected chi connectivity index (χ0v) is 20.9. The summed E-state index contributed by atoms with van der Waals surface area (Å²) in [5.41, 5.74) is 5.23. The lowest BCUT2D eigenvalue weighted by Gasteiger charge is -2.24. The maximum atomic E-state index is 15.0. The van der Waals surface area contributed by atoms with Gasteiger partial charge in [0.2, 0.25) is 5.88 Å². The quantitative estimate of drug-likeness (QED) is 0.355. The van der Waals surface area contributed by atoms with E-state index >= 15 is 0 Å². The van der Waals surface area contributed by atoms with Crippen molar-refractivity contribution in [1.82, 2.24) is 34.8 Å². The monoisotopic (exact) mass is 544 g/mol. The Hall–Kier alpha value is -4.33. The van der Waals surface area contributed by atoms with Crippen LogP contribution in [0.1, 0.15) is 34.5 Å². The predicted octanol–water partition coefficient (Wildman–Crippen LogP) is 3.31. The lowest BCUT2D eigenvalue weighted by atomic mass is 10.1. The second-order valence-corrected chi connectivity index (χ2v) is 9.14. The molecule has 1 fully saturated rings. The smallest absolute Gasteiger partial charge is 0.418 e. The van der Waals surface area contributed by atoms with Gasteiger partial charge in [0, 0.05) is 43.3 Å². The number of pyridine rings is 2. The molecule has 4 aromatic rings. The van der Waals surface area contributed by atoms with Crippen LogP contribution >= 0.6 is 0 Å². The van der Waals surface area contributed by atoms with Crippen LogP contribution in [0.25, 0.3) is 16.8 Å². The number of likely N-dealkylation sites (tertiary alicyclic amines) is 1. The molecular formula is C25H24F4N8O2. The minimum Gasteiger partial charge on any atom is -0.480 e. The van der Waals surface area contributed by atoms with E-state index in [1.165, 1.54) is 19.4 Å². The number of rotatable bonds is 6. The lowest BCUT2D eigenvalue weighted by molar-refractivity contribution is -0.136. The highest BCUT2D eigenvalue weighted by Gasteiger charge is 2.38. The second-order valence-electron chi connectivity index (χ2n) is 9.14. The number of nitrogens with zero attached hydrogens (tertiary/aromatic N) is 6. The van der Waals surface area contributed by atoms with E-state index in [9.17, 15) is 22.4 Å². The average molecular weight is 545 g/mol. The summed E-state index contributed by atoms with van der Waals surface area (Å²) in [7, 11) is 1.30. The van der Waals surface area contributed by atoms with Crippen LogP contribution in [0, 0.1) is 0 Å². The van der Waals surface area contributed by atoms with E-state index < -0.39 is 35.4 Å². The summed E-state index contributed by atoms with van der Waals surface area (Å²) in [6.45, 7) is 2.28. The minimum atomic E-state index is -4.74. The first kappa shape index (κ1) is 26.3. The van der Waals surface area contributed by atoms with Gasteiger partial charge in [-0.1, -0.05) is 6.07 Å². The third-order valence-corrected chi connectivity index (χ3v) is 6.78. The molecule has 14 heteroatoms. The Balaban J connectivity index is 1.44. The number of nitrogens with one attached hydrogen (secondary N) is 1. The molecule has 0 unspecified atom stereocenters. The maximum Gasteiger partial charge on any atom is 0.418 e. The van der Waals surface area contributed by atoms with Crippen molar-refractivity contribution in [3.8, 4) is 17.1 Å². The molecule has 1 amide bonds. The Morgan fingerprint density at radius 3 is 2.72 bits per heavy atom. The molecule has 0 radical (unpaired) electrons. The van der Waals surface area contributed by atoms with Gasteiger partial charge in [-0.15, -0.1) is 0 Å². The maximum absolute atomic E-state index is 15.0. The summed E-state index contributed by atoms with van der Waals surface area (Å²) in [4.78, 5) is 27.1. The van der Waals surface area contributed by atoms with Gasteiger partial charge in [0.1, 0.15) is 23.6 Å². The number of nitrogens with two attached hydrogens (primary N) is 1. The van der Waals surface area contributed by atoms with Gasteiger partial charge in [0.25, 0.3) is 5.91 Å². The molecule has 1 aliphatic rings. The van der Waals surface area contributed by atoms with Gasteiger partial charge in [-0.2, -0.15) is 18.3 Å². The number of anilines is 1. The molecule has 1 aliphatic heterocycles. The standard InChI is InChI=1S/C25H24F4N8O2/c1-13(14-4-3-5-31-8-14)36-10-18(26)19(11-36)35-23(38)16-6-15(9-32-24(16)39-2)20-7-17(25(27,28)29)21-22(30)33-12-34-37(20)21/h3-9,12-13,18-19H,10-11H2,1-2H3,(H,35,38)(H2,30,33,34)/t13-,18+,19-/m1/s1. The molecule has 10 nitrogen and oxygen atoms in total. The molecule has 1 saturated heterocycles. The number of hydrogen-bond acceptors (Lipinski definition) is 8. The second kappa shape index (κ2) is 10.1. The molecule has 39 heavy (non-hydrogen) atoms. The van der Waals surface area contributed by atoms with Gasteiger partial charge >= 0.3 is 6.18 Å². The summed E-state index contributed by atoms with van der Waals surface area (Å²) < 4.78 is 62.4. The SMILES string of the molecule is COc1ncc(-c2cc(C(F)(F)F)c3c(N)ncnn23)cc1C(=O)N[C@@H]1CN([C@H](C)c2cccnc2)C[C@@H]1F. The zero-order valence-electron chi connectivity index (χ0n) is 20.9. The lowest BCUT2D eigenvalue weighted by Crippen LogP contribution is -2.41. The number of hydrogen-bond donors (Lipinski definition) is 2. The molecular weight excluding hydrogens is 520 g/mol. The van der Waals surface area contributed by atoms with Crippen molar-refractivity contribution in [2.45, 2.75) is 31.4 Å². The molecule has 5 heterocycles. The van der Waals surface area contributed by atoms with Gasteiger partial charge < -0.3 is 15.8 Å². The molecule has 5 rings (SSSR count). The predicted molar refractivity (Wildman–Crippen MR) is 133 cm³/mol. The van der Waals surface area contributed by atoms with E-state index in [1.54, 1.807) is 18.5 Å². The summed E-state index contributed by atoms with van der Waals surface area (Å²) in [6, 6.07) is 4.92. The first-order valence-corrected chi connectivity index (χ1v) is 11.9. The Morgan fingerprint density at radius 1 is 1.23 bits per heavy atom. The zero-order chi connectivity index (χ0) is 27.9. The normalized spacial score (nSPS) is 18.8. The fourth-order valence-corrected chi connectivity index (χ4v) is 4.73. The van der Waals surface area contributed by atoms with Crippen LogP contribution in [0.15, 0.2) is 49.2 Å². The average Bonchev–Trinajstić information content (AvgIpc) is 3.50. The Kier molecular flexibility index (Phi) is 6.80. The fraction of sp³-hybridized carbons (Fsp3) is 0.320. The van der Waals surface area contributed by atoms with E-state index in [4.69, 9.17) is 10.5 Å². The molecule has 0 spiro atoms. The van der Waals surface area contributed by atoms with Crippen molar-refractivity contribution in [2.24, 2.45) is 0 Å². The van der Waals surface area contributed by atoms with Crippen LogP contribution in [0.5, 0.6) is 5.88 Å².